The molecule has 0 aromatic heterocycles. The summed E-state index contributed by atoms with van der Waals surface area (Å²) in [6.07, 6.45) is 3.20. The van der Waals surface area contributed by atoms with Gasteiger partial charge in [-0.15, -0.1) is 0 Å². The number of carbonyl (C=O) groups excluding carboxylic acids is 2. The molecule has 3 aromatic carbocycles. The van der Waals surface area contributed by atoms with Gasteiger partial charge in [0.2, 0.25) is 5.91 Å². The van der Waals surface area contributed by atoms with Crippen molar-refractivity contribution in [1.82, 2.24) is 0 Å². The second-order valence-corrected chi connectivity index (χ2v) is 9.30. The van der Waals surface area contributed by atoms with Crippen LogP contribution in [0.4, 0.5) is 15.8 Å². The Morgan fingerprint density at radius 3 is 2.38 bits per heavy atom. The van der Waals surface area contributed by atoms with E-state index in [4.69, 9.17) is 16.7 Å². The van der Waals surface area contributed by atoms with Gasteiger partial charge in [-0.2, -0.15) is 0 Å². The van der Waals surface area contributed by atoms with Crippen molar-refractivity contribution in [2.24, 2.45) is 0 Å². The molecule has 37 heavy (non-hydrogen) atoms. The molecule has 1 aliphatic rings. The predicted molar refractivity (Wildman–Crippen MR) is 142 cm³/mol. The summed E-state index contributed by atoms with van der Waals surface area (Å²) >= 11 is 6.10. The highest BCUT2D eigenvalue weighted by molar-refractivity contribution is 6.30. The molecule has 1 N–H and O–H groups in total. The summed E-state index contributed by atoms with van der Waals surface area (Å²) in [5.74, 6) is -1.91. The number of benzene rings is 3. The van der Waals surface area contributed by atoms with E-state index >= 15 is 0 Å². The molecule has 3 aromatic rings. The first-order valence-corrected chi connectivity index (χ1v) is 12.3. The summed E-state index contributed by atoms with van der Waals surface area (Å²) in [6, 6.07) is 17.0. The lowest BCUT2D eigenvalue weighted by atomic mass is 9.88. The fourth-order valence-corrected chi connectivity index (χ4v) is 4.80. The van der Waals surface area contributed by atoms with E-state index < -0.39 is 17.8 Å². The van der Waals surface area contributed by atoms with E-state index in [1.54, 1.807) is 53.1 Å². The number of carboxylic acids is 1. The maximum absolute atomic E-state index is 13.6. The molecule has 0 saturated carbocycles. The molecule has 190 valence electrons. The molecule has 0 spiro atoms. The molecule has 0 saturated heterocycles. The highest BCUT2D eigenvalue weighted by Gasteiger charge is 2.38. The Labute approximate surface area is 219 Å². The van der Waals surface area contributed by atoms with Crippen molar-refractivity contribution >= 4 is 46.8 Å². The third-order valence-electron chi connectivity index (χ3n) is 6.39. The van der Waals surface area contributed by atoms with Gasteiger partial charge in [-0.3, -0.25) is 9.59 Å². The minimum atomic E-state index is -1.08. The van der Waals surface area contributed by atoms with Gasteiger partial charge in [0.15, 0.2) is 0 Å². The average Bonchev–Trinajstić information content (AvgIpc) is 2.88. The highest BCUT2D eigenvalue weighted by Crippen LogP contribution is 2.43. The van der Waals surface area contributed by atoms with Crippen molar-refractivity contribution < 1.29 is 23.9 Å². The van der Waals surface area contributed by atoms with Gasteiger partial charge in [-0.25, -0.2) is 9.18 Å². The second-order valence-electron chi connectivity index (χ2n) is 8.87. The van der Waals surface area contributed by atoms with Crippen LogP contribution in [0, 0.1) is 5.82 Å². The van der Waals surface area contributed by atoms with Gasteiger partial charge in [-0.1, -0.05) is 24.6 Å². The Bertz CT molecular complexity index is 1360. The van der Waals surface area contributed by atoms with Gasteiger partial charge in [-0.05, 0) is 91.2 Å². The van der Waals surface area contributed by atoms with Gasteiger partial charge >= 0.3 is 5.97 Å². The lowest BCUT2D eigenvalue weighted by Crippen LogP contribution is -2.47. The fourth-order valence-electron chi connectivity index (χ4n) is 4.68. The average molecular weight is 521 g/mol. The lowest BCUT2D eigenvalue weighted by molar-refractivity contribution is -0.131. The molecule has 2 amide bonds. The summed E-state index contributed by atoms with van der Waals surface area (Å²) in [5, 5.41) is 9.64. The molecule has 1 heterocycles. The van der Waals surface area contributed by atoms with Crippen molar-refractivity contribution in [1.29, 1.82) is 0 Å². The zero-order valence-electron chi connectivity index (χ0n) is 20.4. The number of aliphatic carboxylic acids is 1. The third-order valence-corrected chi connectivity index (χ3v) is 6.64. The minimum Gasteiger partial charge on any atom is -0.478 e. The zero-order chi connectivity index (χ0) is 26.7. The Morgan fingerprint density at radius 1 is 1.08 bits per heavy atom. The SMILES string of the molecule is CCC(=O)N(c1ccc(Cl)cc1)C1CC(C)N(C(=O)c2ccc(F)cc2)c2ccc(C=CC(=O)O)cc21. The first-order valence-electron chi connectivity index (χ1n) is 11.9. The molecule has 0 radical (unpaired) electrons. The van der Waals surface area contributed by atoms with Gasteiger partial charge < -0.3 is 14.9 Å². The van der Waals surface area contributed by atoms with Crippen LogP contribution in [-0.4, -0.2) is 28.9 Å². The quantitative estimate of drug-likeness (QED) is 0.376. The Balaban J connectivity index is 1.87. The number of hydrogen-bond acceptors (Lipinski definition) is 3. The standard InChI is InChI=1S/C29H26ClFN2O4/c1-3-27(34)33(23-12-8-21(30)9-13-23)26-16-18(2)32(29(37)20-6-10-22(31)11-7-20)25-14-4-19(17-24(25)26)5-15-28(35)36/h4-15,17-18,26H,3,16H2,1-2H3,(H,35,36). The van der Waals surface area contributed by atoms with E-state index in [0.29, 0.717) is 39.5 Å². The molecule has 2 unspecified atom stereocenters. The highest BCUT2D eigenvalue weighted by atomic mass is 35.5. The minimum absolute atomic E-state index is 0.102. The number of halogens is 2. The smallest absolute Gasteiger partial charge is 0.328 e. The van der Waals surface area contributed by atoms with Crippen molar-refractivity contribution in [2.75, 3.05) is 9.80 Å². The van der Waals surface area contributed by atoms with Crippen LogP contribution in [-0.2, 0) is 9.59 Å². The van der Waals surface area contributed by atoms with Gasteiger partial charge in [0.25, 0.3) is 5.91 Å². The Morgan fingerprint density at radius 2 is 1.76 bits per heavy atom. The van der Waals surface area contributed by atoms with E-state index in [0.717, 1.165) is 6.08 Å². The maximum Gasteiger partial charge on any atom is 0.328 e. The molecule has 1 aliphatic heterocycles. The van der Waals surface area contributed by atoms with Crippen molar-refractivity contribution in [3.05, 3.63) is 100 Å². The zero-order valence-corrected chi connectivity index (χ0v) is 21.2. The molecule has 8 heteroatoms. The van der Waals surface area contributed by atoms with E-state index in [1.807, 2.05) is 13.0 Å². The largest absolute Gasteiger partial charge is 0.478 e. The molecular weight excluding hydrogens is 495 g/mol. The van der Waals surface area contributed by atoms with Gasteiger partial charge in [0.05, 0.1) is 6.04 Å². The number of carboxylic acid groups (broad SMARTS) is 1. The number of amides is 2. The van der Waals surface area contributed by atoms with Crippen LogP contribution in [0.3, 0.4) is 0 Å². The molecular formula is C29H26ClFN2O4. The fraction of sp³-hybridized carbons (Fsp3) is 0.207. The topological polar surface area (TPSA) is 77.9 Å². The van der Waals surface area contributed by atoms with Crippen molar-refractivity contribution in [3.63, 3.8) is 0 Å². The number of hydrogen-bond donors (Lipinski definition) is 1. The molecule has 0 aliphatic carbocycles. The summed E-state index contributed by atoms with van der Waals surface area (Å²) < 4.78 is 13.5. The summed E-state index contributed by atoms with van der Waals surface area (Å²) in [4.78, 5) is 41.3. The van der Waals surface area contributed by atoms with Gasteiger partial charge in [0.1, 0.15) is 5.82 Å². The normalized spacial score (nSPS) is 16.9. The third kappa shape index (κ3) is 5.57. The molecule has 4 rings (SSSR count). The Kier molecular flexibility index (Phi) is 7.74. The monoisotopic (exact) mass is 520 g/mol. The van der Waals surface area contributed by atoms with Crippen molar-refractivity contribution in [3.8, 4) is 0 Å². The summed E-state index contributed by atoms with van der Waals surface area (Å²) in [5.41, 5.74) is 2.94. The number of anilines is 2. The Hall–Kier alpha value is -3.97. The van der Waals surface area contributed by atoms with E-state index in [2.05, 4.69) is 0 Å². The molecule has 6 nitrogen and oxygen atoms in total. The number of nitrogens with zero attached hydrogens (tertiary/aromatic N) is 2. The number of rotatable bonds is 6. The summed E-state index contributed by atoms with van der Waals surface area (Å²) in [6.45, 7) is 3.70. The molecule has 2 atom stereocenters. The maximum atomic E-state index is 13.6. The van der Waals surface area contributed by atoms with Crippen LogP contribution in [0.1, 0.15) is 54.2 Å². The van der Waals surface area contributed by atoms with Crippen LogP contribution in [0.5, 0.6) is 0 Å². The van der Waals surface area contributed by atoms with Gasteiger partial charge in [0, 0.05) is 40.5 Å². The first-order chi connectivity index (χ1) is 17.7. The van der Waals surface area contributed by atoms with E-state index in [-0.39, 0.29) is 24.3 Å². The lowest BCUT2D eigenvalue weighted by Gasteiger charge is -2.43. The van der Waals surface area contributed by atoms with E-state index in [1.165, 1.54) is 30.3 Å². The van der Waals surface area contributed by atoms with Crippen LogP contribution in [0.15, 0.2) is 72.8 Å². The van der Waals surface area contributed by atoms with Crippen molar-refractivity contribution in [2.45, 2.75) is 38.8 Å². The second kappa shape index (κ2) is 11.0. The van der Waals surface area contributed by atoms with Crippen LogP contribution in [0.25, 0.3) is 6.08 Å². The van der Waals surface area contributed by atoms with Crippen LogP contribution >= 0.6 is 11.6 Å². The number of carbonyl (C=O) groups is 3. The molecule has 0 fully saturated rings. The molecule has 0 bridgehead atoms. The summed E-state index contributed by atoms with van der Waals surface area (Å²) in [7, 11) is 0. The predicted octanol–water partition coefficient (Wildman–Crippen LogP) is 6.50. The number of fused-ring (bicyclic) bond motifs is 1. The van der Waals surface area contributed by atoms with Crippen LogP contribution in [0.2, 0.25) is 5.02 Å². The first kappa shape index (κ1) is 26.1. The van der Waals surface area contributed by atoms with E-state index in [9.17, 15) is 18.8 Å². The van der Waals surface area contributed by atoms with Crippen LogP contribution < -0.4 is 9.80 Å².